The zero-order valence-corrected chi connectivity index (χ0v) is 37.2. The highest BCUT2D eigenvalue weighted by molar-refractivity contribution is 7.98. The summed E-state index contributed by atoms with van der Waals surface area (Å²) in [7, 11) is 0. The van der Waals surface area contributed by atoms with Crippen LogP contribution in [-0.4, -0.2) is 93.1 Å². The minimum atomic E-state index is -1.43. The Kier molecular flexibility index (Phi) is 12.6. The van der Waals surface area contributed by atoms with Gasteiger partial charge in [-0.1, -0.05) is 62.8 Å². The molecule has 2 heterocycles. The molecule has 0 aromatic heterocycles. The van der Waals surface area contributed by atoms with Crippen LogP contribution in [0.15, 0.2) is 89.4 Å². The molecule has 4 aliphatic carbocycles. The minimum absolute atomic E-state index is 0.000261. The number of aliphatic hydroxyl groups is 2. The number of ether oxygens (including phenoxy) is 2. The smallest absolute Gasteiger partial charge is 0.253 e. The molecule has 338 valence electrons. The number of hydrogen-bond acceptors (Lipinski definition) is 12. The Balaban J connectivity index is 0.845. The zero-order chi connectivity index (χ0) is 45.7. The van der Waals surface area contributed by atoms with Gasteiger partial charge < -0.3 is 30.3 Å². The summed E-state index contributed by atoms with van der Waals surface area (Å²) in [5.74, 6) is -2.74. The lowest BCUT2D eigenvalue weighted by Crippen LogP contribution is -2.63. The summed E-state index contributed by atoms with van der Waals surface area (Å²) in [4.78, 5) is 89.8. The van der Waals surface area contributed by atoms with Crippen molar-refractivity contribution in [3.8, 4) is 0 Å². The van der Waals surface area contributed by atoms with E-state index in [2.05, 4.69) is 17.6 Å². The number of nitrogens with one attached hydrogen (secondary N) is 2. The standard InChI is InChI=1S/C49H55N3O11S/c1-27(20-37(55)28(2)50-41(58)17-19-52-42(59)14-15-43(52)60)45(61)51-32-6-5-7-34(22-32)64-26-29-8-10-30(11-9-29)46-62-40-23-36-35-13-12-31-21-33(54)16-18-47(31,3)44(35)38(56)24-48(36,4)49(40,63-46)39(57)25-53/h5-11,14-16,18,21-22,27-28,35-36,38,40,44,46,53,56H,12-13,17,19-20,23-26H2,1-4H3,(H,50,58)(H,51,61)/t27-,28+,35+,36+,38+,40-,44-,46-,47+,48+,49-/m1/s1. The van der Waals surface area contributed by atoms with E-state index in [1.807, 2.05) is 55.5 Å². The maximum atomic E-state index is 13.9. The van der Waals surface area contributed by atoms with Crippen molar-refractivity contribution in [1.82, 2.24) is 10.2 Å². The third-order valence-electron chi connectivity index (χ3n) is 14.8. The van der Waals surface area contributed by atoms with Gasteiger partial charge in [0.25, 0.3) is 11.8 Å². The van der Waals surface area contributed by atoms with Crippen molar-refractivity contribution >= 4 is 58.4 Å². The molecule has 11 atom stereocenters. The van der Waals surface area contributed by atoms with Gasteiger partial charge in [0, 0.05) is 76.1 Å². The minimum Gasteiger partial charge on any atom is -0.393 e. The van der Waals surface area contributed by atoms with Gasteiger partial charge in [-0.25, -0.2) is 0 Å². The quantitative estimate of drug-likeness (QED) is 0.139. The summed E-state index contributed by atoms with van der Waals surface area (Å²) in [6.07, 6.45) is 7.49. The molecule has 15 heteroatoms. The second-order valence-electron chi connectivity index (χ2n) is 18.7. The van der Waals surface area contributed by atoms with E-state index >= 15 is 0 Å². The Bertz CT molecular complexity index is 2340. The number of aliphatic hydroxyl groups excluding tert-OH is 2. The maximum absolute atomic E-state index is 13.9. The third kappa shape index (κ3) is 8.14. The lowest BCUT2D eigenvalue weighted by Gasteiger charge is -2.59. The zero-order valence-electron chi connectivity index (χ0n) is 36.4. The normalized spacial score (nSPS) is 32.2. The molecule has 14 nitrogen and oxygen atoms in total. The van der Waals surface area contributed by atoms with Crippen LogP contribution in [0.4, 0.5) is 5.69 Å². The first-order chi connectivity index (χ1) is 30.5. The summed E-state index contributed by atoms with van der Waals surface area (Å²) in [5, 5.41) is 27.8. The molecular weight excluding hydrogens is 839 g/mol. The lowest BCUT2D eigenvalue weighted by molar-refractivity contribution is -0.201. The van der Waals surface area contributed by atoms with E-state index in [-0.39, 0.29) is 54.6 Å². The molecule has 0 unspecified atom stereocenters. The molecule has 3 saturated carbocycles. The van der Waals surface area contributed by atoms with E-state index in [1.165, 1.54) is 6.92 Å². The number of hydrogen-bond donors (Lipinski definition) is 4. The van der Waals surface area contributed by atoms with Crippen molar-refractivity contribution in [1.29, 1.82) is 0 Å². The number of anilines is 1. The van der Waals surface area contributed by atoms with Crippen LogP contribution in [0.1, 0.15) is 83.6 Å². The van der Waals surface area contributed by atoms with Crippen molar-refractivity contribution in [2.45, 2.75) is 107 Å². The largest absolute Gasteiger partial charge is 0.393 e. The highest BCUT2D eigenvalue weighted by atomic mass is 32.2. The van der Waals surface area contributed by atoms with Gasteiger partial charge in [-0.3, -0.25) is 38.5 Å². The van der Waals surface area contributed by atoms with Crippen molar-refractivity contribution in [3.63, 3.8) is 0 Å². The molecule has 4 amide bonds. The Hall–Kier alpha value is -5.06. The number of allylic oxidation sites excluding steroid dienone is 4. The fraction of sp³-hybridized carbons (Fsp3) is 0.490. The number of ketones is 3. The van der Waals surface area contributed by atoms with Crippen LogP contribution in [0.3, 0.4) is 0 Å². The molecule has 1 saturated heterocycles. The van der Waals surface area contributed by atoms with E-state index in [0.717, 1.165) is 51.5 Å². The SMILES string of the molecule is C[C@H](CC(=O)[C@H](C)NC(=O)CCN1C(=O)C=CC1=O)C(=O)Nc1cccc(SCc2ccc([C@@H]3O[C@@H]4C[C@H]5[C@@H]6CCC7=CC(=O)C=C[C@]7(C)[C@H]6[C@@H](O)C[C@]5(C)[C@]4(C(=O)CO)O3)cc2)c1. The number of nitrogens with zero attached hydrogens (tertiary/aromatic N) is 1. The number of thioether (sulfide) groups is 1. The highest BCUT2D eigenvalue weighted by Gasteiger charge is 2.76. The van der Waals surface area contributed by atoms with Gasteiger partial charge in [0.1, 0.15) is 6.61 Å². The van der Waals surface area contributed by atoms with Crippen LogP contribution in [0.25, 0.3) is 0 Å². The summed E-state index contributed by atoms with van der Waals surface area (Å²) in [6.45, 7) is 6.49. The van der Waals surface area contributed by atoms with E-state index < -0.39 is 77.0 Å². The average molecular weight is 894 g/mol. The number of fused-ring (bicyclic) bond motifs is 7. The first kappa shape index (κ1) is 45.5. The maximum Gasteiger partial charge on any atom is 0.253 e. The summed E-state index contributed by atoms with van der Waals surface area (Å²) < 4.78 is 13.4. The van der Waals surface area contributed by atoms with Crippen molar-refractivity contribution < 1.29 is 53.2 Å². The Morgan fingerprint density at radius 2 is 1.73 bits per heavy atom. The second kappa shape index (κ2) is 17.7. The first-order valence-electron chi connectivity index (χ1n) is 22.1. The van der Waals surface area contributed by atoms with Gasteiger partial charge in [0.05, 0.1) is 18.2 Å². The van der Waals surface area contributed by atoms with Gasteiger partial charge in [0.15, 0.2) is 29.2 Å². The fourth-order valence-corrected chi connectivity index (χ4v) is 12.4. The first-order valence-corrected chi connectivity index (χ1v) is 23.0. The van der Waals surface area contributed by atoms with Crippen molar-refractivity contribution in [2.24, 2.45) is 34.5 Å². The molecule has 0 bridgehead atoms. The molecule has 8 rings (SSSR count). The number of Topliss-reactive ketones (excluding diaryl/α,β-unsaturated/α-hetero) is 2. The van der Waals surface area contributed by atoms with Crippen LogP contribution in [0.2, 0.25) is 0 Å². The van der Waals surface area contributed by atoms with E-state index in [4.69, 9.17) is 9.47 Å². The molecule has 6 aliphatic rings. The van der Waals surface area contributed by atoms with Crippen LogP contribution >= 0.6 is 11.8 Å². The Labute approximate surface area is 376 Å². The topological polar surface area (TPSA) is 206 Å². The monoisotopic (exact) mass is 893 g/mol. The number of amides is 4. The van der Waals surface area contributed by atoms with Gasteiger partial charge >= 0.3 is 0 Å². The summed E-state index contributed by atoms with van der Waals surface area (Å²) in [6, 6.07) is 14.3. The lowest BCUT2D eigenvalue weighted by atomic mass is 9.46. The summed E-state index contributed by atoms with van der Waals surface area (Å²) in [5.41, 5.74) is 0.680. The second-order valence-corrected chi connectivity index (χ2v) is 19.7. The molecule has 2 aromatic carbocycles. The highest BCUT2D eigenvalue weighted by Crippen LogP contribution is 2.70. The van der Waals surface area contributed by atoms with Crippen LogP contribution in [0.5, 0.6) is 0 Å². The van der Waals surface area contributed by atoms with Crippen LogP contribution < -0.4 is 10.6 Å². The van der Waals surface area contributed by atoms with Crippen molar-refractivity contribution in [3.05, 3.63) is 95.6 Å². The Morgan fingerprint density at radius 1 is 1.00 bits per heavy atom. The number of benzene rings is 2. The predicted octanol–water partition coefficient (Wildman–Crippen LogP) is 4.94. The molecule has 2 aromatic rings. The van der Waals surface area contributed by atoms with Gasteiger partial charge in [-0.05, 0) is 80.4 Å². The fourth-order valence-electron chi connectivity index (χ4n) is 11.5. The molecule has 64 heavy (non-hydrogen) atoms. The summed E-state index contributed by atoms with van der Waals surface area (Å²) >= 11 is 1.57. The third-order valence-corrected chi connectivity index (χ3v) is 15.9. The molecule has 0 spiro atoms. The molecule has 4 N–H and O–H groups in total. The molecule has 4 fully saturated rings. The van der Waals surface area contributed by atoms with Crippen molar-refractivity contribution in [2.75, 3.05) is 18.5 Å². The number of carbonyl (C=O) groups is 7. The Morgan fingerprint density at radius 3 is 2.45 bits per heavy atom. The van der Waals surface area contributed by atoms with Crippen LogP contribution in [-0.2, 0) is 48.8 Å². The van der Waals surface area contributed by atoms with E-state index in [9.17, 15) is 43.8 Å². The number of imide groups is 1. The average Bonchev–Trinajstić information content (AvgIpc) is 3.89. The predicted molar refractivity (Wildman–Crippen MR) is 235 cm³/mol. The van der Waals surface area contributed by atoms with E-state index in [1.54, 1.807) is 36.9 Å². The number of rotatable bonds is 15. The number of carbonyl (C=O) groups excluding carboxylic acids is 7. The molecule has 0 radical (unpaired) electrons. The van der Waals surface area contributed by atoms with Gasteiger partial charge in [-0.15, -0.1) is 11.8 Å². The van der Waals surface area contributed by atoms with Gasteiger partial charge in [0.2, 0.25) is 11.8 Å². The molecule has 2 aliphatic heterocycles. The molecular formula is C49H55N3O11S. The van der Waals surface area contributed by atoms with Gasteiger partial charge in [-0.2, -0.15) is 0 Å². The van der Waals surface area contributed by atoms with E-state index in [0.29, 0.717) is 24.3 Å². The van der Waals surface area contributed by atoms with Crippen LogP contribution in [0, 0.1) is 34.5 Å².